The Morgan fingerprint density at radius 2 is 1.56 bits per heavy atom. The minimum Gasteiger partial charge on any atom is -0.497 e. The van der Waals surface area contributed by atoms with Gasteiger partial charge in [0.15, 0.2) is 5.96 Å². The first-order chi connectivity index (χ1) is 16.5. The predicted molar refractivity (Wildman–Crippen MR) is 133 cm³/mol. The Labute approximate surface area is 200 Å². The van der Waals surface area contributed by atoms with Crippen molar-refractivity contribution in [2.75, 3.05) is 38.7 Å². The Kier molecular flexibility index (Phi) is 7.66. The normalized spacial score (nSPS) is 13.1. The lowest BCUT2D eigenvalue weighted by molar-refractivity contribution is 0.323. The number of guanidine groups is 1. The quantitative estimate of drug-likeness (QED) is 0.386. The molecular weight excluding hydrogens is 452 g/mol. The van der Waals surface area contributed by atoms with E-state index in [1.807, 2.05) is 36.4 Å². The van der Waals surface area contributed by atoms with Gasteiger partial charge in [-0.3, -0.25) is 4.99 Å². The number of nitrogens with zero attached hydrogens (tertiary/aromatic N) is 1. The van der Waals surface area contributed by atoms with Gasteiger partial charge in [0.05, 0.1) is 18.6 Å². The molecule has 4 rings (SSSR count). The zero-order valence-electron chi connectivity index (χ0n) is 19.0. The minimum absolute atomic E-state index is 0.165. The highest BCUT2D eigenvalue weighted by Gasteiger charge is 2.13. The van der Waals surface area contributed by atoms with E-state index < -0.39 is 10.0 Å². The molecule has 0 saturated heterocycles. The molecule has 3 aromatic carbocycles. The third-order valence-electron chi connectivity index (χ3n) is 5.26. The lowest BCUT2D eigenvalue weighted by atomic mass is 10.0. The summed E-state index contributed by atoms with van der Waals surface area (Å²) in [7, 11) is -2.06. The van der Waals surface area contributed by atoms with Crippen LogP contribution in [0.5, 0.6) is 11.5 Å². The molecule has 178 valence electrons. The van der Waals surface area contributed by atoms with Crippen molar-refractivity contribution in [3.05, 3.63) is 83.9 Å². The number of ether oxygens (including phenoxy) is 2. The summed E-state index contributed by atoms with van der Waals surface area (Å²) in [5.74, 6) is 2.11. The highest BCUT2D eigenvalue weighted by molar-refractivity contribution is 7.89. The molecular formula is C25H28N4O4S. The summed E-state index contributed by atoms with van der Waals surface area (Å²) in [5, 5.41) is 6.45. The molecule has 0 amide bonds. The van der Waals surface area contributed by atoms with Crippen LogP contribution in [0.3, 0.4) is 0 Å². The van der Waals surface area contributed by atoms with Crippen LogP contribution in [0.2, 0.25) is 0 Å². The van der Waals surface area contributed by atoms with Crippen LogP contribution < -0.4 is 24.8 Å². The molecule has 1 aliphatic rings. The van der Waals surface area contributed by atoms with Crippen LogP contribution in [0, 0.1) is 0 Å². The average Bonchev–Trinajstić information content (AvgIpc) is 3.37. The molecule has 8 nitrogen and oxygen atoms in total. The fraction of sp³-hybridized carbons (Fsp3) is 0.240. The van der Waals surface area contributed by atoms with E-state index in [4.69, 9.17) is 9.47 Å². The number of methoxy groups -OCH3 is 1. The first-order valence-electron chi connectivity index (χ1n) is 11.0. The topological polar surface area (TPSA) is 101 Å². The van der Waals surface area contributed by atoms with Gasteiger partial charge in [0.25, 0.3) is 0 Å². The van der Waals surface area contributed by atoms with Crippen molar-refractivity contribution in [3.8, 4) is 11.5 Å². The first-order valence-corrected chi connectivity index (χ1v) is 12.5. The zero-order chi connectivity index (χ0) is 23.8. The maximum atomic E-state index is 12.3. The molecule has 34 heavy (non-hydrogen) atoms. The fourth-order valence-electron chi connectivity index (χ4n) is 3.45. The molecule has 0 saturated carbocycles. The van der Waals surface area contributed by atoms with E-state index in [2.05, 4.69) is 32.5 Å². The Bertz CT molecular complexity index is 1210. The lowest BCUT2D eigenvalue weighted by Crippen LogP contribution is -2.28. The third-order valence-corrected chi connectivity index (χ3v) is 6.73. The summed E-state index contributed by atoms with van der Waals surface area (Å²) in [5.41, 5.74) is 3.37. The Hall–Kier alpha value is -3.56. The van der Waals surface area contributed by atoms with Gasteiger partial charge in [0.1, 0.15) is 18.1 Å². The first kappa shape index (κ1) is 23.6. The van der Waals surface area contributed by atoms with Crippen LogP contribution in [-0.2, 0) is 16.4 Å². The van der Waals surface area contributed by atoms with Gasteiger partial charge >= 0.3 is 0 Å². The molecule has 3 aromatic rings. The standard InChI is InChI=1S/C25H28N4O4S/c1-32-22-10-12-24(13-11-22)34(30,31)28-16-17-33-23-8-4-20(5-9-23)18-19-2-6-21(7-3-19)29-25-26-14-15-27-25/h2-13,28H,14-18H2,1H3,(H2,26,27,29). The summed E-state index contributed by atoms with van der Waals surface area (Å²) in [6.45, 7) is 2.07. The Morgan fingerprint density at radius 1 is 0.912 bits per heavy atom. The third kappa shape index (κ3) is 6.49. The largest absolute Gasteiger partial charge is 0.497 e. The molecule has 0 bridgehead atoms. The van der Waals surface area contributed by atoms with E-state index in [0.717, 1.165) is 36.7 Å². The van der Waals surface area contributed by atoms with Crippen molar-refractivity contribution in [1.29, 1.82) is 0 Å². The molecule has 0 spiro atoms. The summed E-state index contributed by atoms with van der Waals surface area (Å²) >= 11 is 0. The molecule has 3 N–H and O–H groups in total. The van der Waals surface area contributed by atoms with Crippen LogP contribution in [0.4, 0.5) is 5.69 Å². The van der Waals surface area contributed by atoms with E-state index >= 15 is 0 Å². The van der Waals surface area contributed by atoms with E-state index in [0.29, 0.717) is 11.5 Å². The van der Waals surface area contributed by atoms with Crippen LogP contribution in [0.1, 0.15) is 11.1 Å². The highest BCUT2D eigenvalue weighted by atomic mass is 32.2. The second-order valence-corrected chi connectivity index (χ2v) is 9.49. The number of anilines is 1. The molecule has 0 radical (unpaired) electrons. The van der Waals surface area contributed by atoms with Crippen LogP contribution in [0.15, 0.2) is 82.7 Å². The molecule has 1 aliphatic heterocycles. The van der Waals surface area contributed by atoms with Gasteiger partial charge in [-0.1, -0.05) is 24.3 Å². The van der Waals surface area contributed by atoms with Gasteiger partial charge in [-0.2, -0.15) is 0 Å². The SMILES string of the molecule is COc1ccc(S(=O)(=O)NCCOc2ccc(Cc3ccc(NC4=NCCN4)cc3)cc2)cc1. The average molecular weight is 481 g/mol. The molecule has 1 heterocycles. The van der Waals surface area contributed by atoms with E-state index in [1.54, 1.807) is 12.1 Å². The van der Waals surface area contributed by atoms with E-state index in [9.17, 15) is 8.42 Å². The monoisotopic (exact) mass is 480 g/mol. The Morgan fingerprint density at radius 3 is 2.18 bits per heavy atom. The van der Waals surface area contributed by atoms with E-state index in [-0.39, 0.29) is 18.0 Å². The Balaban J connectivity index is 1.22. The van der Waals surface area contributed by atoms with Gasteiger partial charge in [0, 0.05) is 18.8 Å². The molecule has 0 fully saturated rings. The van der Waals surface area contributed by atoms with Gasteiger partial charge in [-0.25, -0.2) is 13.1 Å². The minimum atomic E-state index is -3.59. The van der Waals surface area contributed by atoms with Crippen molar-refractivity contribution in [2.24, 2.45) is 4.99 Å². The summed E-state index contributed by atoms with van der Waals surface area (Å²) in [6.07, 6.45) is 0.807. The molecule has 9 heteroatoms. The lowest BCUT2D eigenvalue weighted by Gasteiger charge is -2.10. The number of rotatable bonds is 10. The van der Waals surface area contributed by atoms with Crippen molar-refractivity contribution in [1.82, 2.24) is 10.0 Å². The van der Waals surface area contributed by atoms with Gasteiger partial charge in [0.2, 0.25) is 10.0 Å². The van der Waals surface area contributed by atoms with Crippen LogP contribution >= 0.6 is 0 Å². The maximum Gasteiger partial charge on any atom is 0.240 e. The molecule has 0 aliphatic carbocycles. The number of sulfonamides is 1. The molecule has 0 aromatic heterocycles. The maximum absolute atomic E-state index is 12.3. The van der Waals surface area contributed by atoms with Crippen LogP contribution in [0.25, 0.3) is 0 Å². The fourth-order valence-corrected chi connectivity index (χ4v) is 4.46. The van der Waals surface area contributed by atoms with Gasteiger partial charge in [-0.05, 0) is 66.1 Å². The van der Waals surface area contributed by atoms with Crippen LogP contribution in [-0.4, -0.2) is 47.7 Å². The molecule has 0 atom stereocenters. The van der Waals surface area contributed by atoms with Crippen molar-refractivity contribution >= 4 is 21.7 Å². The second-order valence-electron chi connectivity index (χ2n) is 7.72. The zero-order valence-corrected chi connectivity index (χ0v) is 19.8. The number of hydrogen-bond acceptors (Lipinski definition) is 7. The summed E-state index contributed by atoms with van der Waals surface area (Å²) in [4.78, 5) is 4.52. The smallest absolute Gasteiger partial charge is 0.240 e. The number of benzene rings is 3. The van der Waals surface area contributed by atoms with Crippen molar-refractivity contribution < 1.29 is 17.9 Å². The van der Waals surface area contributed by atoms with Gasteiger partial charge < -0.3 is 20.1 Å². The summed E-state index contributed by atoms with van der Waals surface area (Å²) in [6, 6.07) is 22.3. The number of aliphatic imine (C=N–C) groups is 1. The second kappa shape index (κ2) is 11.0. The van der Waals surface area contributed by atoms with Crippen molar-refractivity contribution in [2.45, 2.75) is 11.3 Å². The predicted octanol–water partition coefficient (Wildman–Crippen LogP) is 3.01. The van der Waals surface area contributed by atoms with Gasteiger partial charge in [-0.15, -0.1) is 0 Å². The molecule has 0 unspecified atom stereocenters. The van der Waals surface area contributed by atoms with E-state index in [1.165, 1.54) is 24.8 Å². The number of nitrogens with one attached hydrogen (secondary N) is 3. The summed E-state index contributed by atoms with van der Waals surface area (Å²) < 4.78 is 38.0. The number of hydrogen-bond donors (Lipinski definition) is 3. The van der Waals surface area contributed by atoms with Crippen molar-refractivity contribution in [3.63, 3.8) is 0 Å². The highest BCUT2D eigenvalue weighted by Crippen LogP contribution is 2.18.